The summed E-state index contributed by atoms with van der Waals surface area (Å²) in [6.07, 6.45) is 0. The summed E-state index contributed by atoms with van der Waals surface area (Å²) in [5.41, 5.74) is 1.66. The fourth-order valence-corrected chi connectivity index (χ4v) is 1.57. The number of nitrogens with zero attached hydrogens (tertiary/aromatic N) is 1. The lowest BCUT2D eigenvalue weighted by atomic mass is 10.0. The van der Waals surface area contributed by atoms with E-state index in [1.54, 1.807) is 0 Å². The largest absolute Gasteiger partial charge is 0.310 e. The van der Waals surface area contributed by atoms with E-state index in [9.17, 15) is 4.79 Å². The van der Waals surface area contributed by atoms with Gasteiger partial charge in [0.15, 0.2) is 0 Å². The van der Waals surface area contributed by atoms with Gasteiger partial charge in [0.25, 0.3) is 5.56 Å². The van der Waals surface area contributed by atoms with Gasteiger partial charge < -0.3 is 4.98 Å². The molecule has 0 fully saturated rings. The number of aromatic amines is 1. The van der Waals surface area contributed by atoms with E-state index in [1.807, 2.05) is 34.6 Å². The summed E-state index contributed by atoms with van der Waals surface area (Å²) in [5, 5.41) is 0. The van der Waals surface area contributed by atoms with Gasteiger partial charge >= 0.3 is 0 Å². The molecule has 1 heterocycles. The standard InChI is InChI=1S/C11H18N2O/c1-6(2)9-8(5)12-10(7(3)4)13-11(9)14/h6-7H,1-5H3,(H,12,13,14). The molecule has 78 valence electrons. The highest BCUT2D eigenvalue weighted by Crippen LogP contribution is 2.14. The quantitative estimate of drug-likeness (QED) is 0.785. The predicted molar refractivity (Wildman–Crippen MR) is 57.8 cm³/mol. The first-order valence-corrected chi connectivity index (χ1v) is 5.04. The van der Waals surface area contributed by atoms with Crippen molar-refractivity contribution in [3.05, 3.63) is 27.4 Å². The second kappa shape index (κ2) is 3.95. The number of nitrogens with one attached hydrogen (secondary N) is 1. The van der Waals surface area contributed by atoms with Crippen LogP contribution in [0.3, 0.4) is 0 Å². The van der Waals surface area contributed by atoms with Gasteiger partial charge in [0.2, 0.25) is 0 Å². The Balaban J connectivity index is 3.33. The van der Waals surface area contributed by atoms with Crippen molar-refractivity contribution in [2.24, 2.45) is 0 Å². The Bertz CT molecular complexity index is 377. The van der Waals surface area contributed by atoms with E-state index in [4.69, 9.17) is 0 Å². The van der Waals surface area contributed by atoms with Gasteiger partial charge in [-0.15, -0.1) is 0 Å². The minimum Gasteiger partial charge on any atom is -0.310 e. The van der Waals surface area contributed by atoms with E-state index in [-0.39, 0.29) is 17.4 Å². The molecule has 0 saturated heterocycles. The van der Waals surface area contributed by atoms with E-state index in [0.717, 1.165) is 17.1 Å². The topological polar surface area (TPSA) is 45.8 Å². The number of aryl methyl sites for hydroxylation is 1. The first-order valence-electron chi connectivity index (χ1n) is 5.04. The maximum absolute atomic E-state index is 11.7. The molecule has 3 heteroatoms. The van der Waals surface area contributed by atoms with Gasteiger partial charge in [-0.3, -0.25) is 4.79 Å². The minimum absolute atomic E-state index is 0.0104. The summed E-state index contributed by atoms with van der Waals surface area (Å²) in [6, 6.07) is 0. The molecule has 0 saturated carbocycles. The van der Waals surface area contributed by atoms with Crippen molar-refractivity contribution >= 4 is 0 Å². The number of rotatable bonds is 2. The molecule has 0 spiro atoms. The fourth-order valence-electron chi connectivity index (χ4n) is 1.57. The van der Waals surface area contributed by atoms with Crippen LogP contribution in [0.15, 0.2) is 4.79 Å². The Hall–Kier alpha value is -1.12. The average molecular weight is 194 g/mol. The van der Waals surface area contributed by atoms with Crippen molar-refractivity contribution in [3.8, 4) is 0 Å². The van der Waals surface area contributed by atoms with Crippen molar-refractivity contribution in [3.63, 3.8) is 0 Å². The molecular weight excluding hydrogens is 176 g/mol. The summed E-state index contributed by atoms with van der Waals surface area (Å²) >= 11 is 0. The van der Waals surface area contributed by atoms with Crippen LogP contribution in [0.2, 0.25) is 0 Å². The molecule has 0 aliphatic rings. The fraction of sp³-hybridized carbons (Fsp3) is 0.636. The smallest absolute Gasteiger partial charge is 0.254 e. The Morgan fingerprint density at radius 1 is 1.14 bits per heavy atom. The number of aromatic nitrogens is 2. The number of hydrogen-bond acceptors (Lipinski definition) is 2. The number of hydrogen-bond donors (Lipinski definition) is 1. The predicted octanol–water partition coefficient (Wildman–Crippen LogP) is 2.33. The lowest BCUT2D eigenvalue weighted by Crippen LogP contribution is -2.20. The third kappa shape index (κ3) is 2.03. The van der Waals surface area contributed by atoms with Gasteiger partial charge in [-0.1, -0.05) is 27.7 Å². The Kier molecular flexibility index (Phi) is 3.09. The molecular formula is C11H18N2O. The third-order valence-corrected chi connectivity index (χ3v) is 2.29. The van der Waals surface area contributed by atoms with Crippen LogP contribution in [0.4, 0.5) is 0 Å². The summed E-state index contributed by atoms with van der Waals surface area (Å²) in [5.74, 6) is 1.27. The van der Waals surface area contributed by atoms with Crippen molar-refractivity contribution in [2.45, 2.75) is 46.5 Å². The molecule has 14 heavy (non-hydrogen) atoms. The van der Waals surface area contributed by atoms with Gasteiger partial charge in [0.1, 0.15) is 5.82 Å². The first kappa shape index (κ1) is 11.0. The maximum Gasteiger partial charge on any atom is 0.254 e. The highest BCUT2D eigenvalue weighted by Gasteiger charge is 2.12. The SMILES string of the molecule is Cc1nc(C(C)C)[nH]c(=O)c1C(C)C. The summed E-state index contributed by atoms with van der Waals surface area (Å²) < 4.78 is 0. The molecule has 0 radical (unpaired) electrons. The lowest BCUT2D eigenvalue weighted by molar-refractivity contribution is 0.728. The second-order valence-corrected chi connectivity index (χ2v) is 4.26. The molecule has 0 aliphatic carbocycles. The molecule has 1 rings (SSSR count). The normalized spacial score (nSPS) is 11.4. The van der Waals surface area contributed by atoms with Crippen LogP contribution >= 0.6 is 0 Å². The van der Waals surface area contributed by atoms with Crippen LogP contribution < -0.4 is 5.56 Å². The molecule has 0 atom stereocenters. The lowest BCUT2D eigenvalue weighted by Gasteiger charge is -2.11. The average Bonchev–Trinajstić information content (AvgIpc) is 2.01. The Labute approximate surface area is 84.6 Å². The molecule has 1 aromatic heterocycles. The Morgan fingerprint density at radius 2 is 1.71 bits per heavy atom. The maximum atomic E-state index is 11.7. The van der Waals surface area contributed by atoms with Crippen molar-refractivity contribution in [2.75, 3.05) is 0 Å². The van der Waals surface area contributed by atoms with Gasteiger partial charge in [-0.05, 0) is 12.8 Å². The molecule has 3 nitrogen and oxygen atoms in total. The van der Waals surface area contributed by atoms with E-state index in [0.29, 0.717) is 0 Å². The van der Waals surface area contributed by atoms with E-state index in [1.165, 1.54) is 0 Å². The zero-order valence-corrected chi connectivity index (χ0v) is 9.51. The zero-order valence-electron chi connectivity index (χ0n) is 9.51. The van der Waals surface area contributed by atoms with Crippen LogP contribution in [0.25, 0.3) is 0 Å². The van der Waals surface area contributed by atoms with Crippen LogP contribution in [0, 0.1) is 6.92 Å². The van der Waals surface area contributed by atoms with Crippen LogP contribution in [0.5, 0.6) is 0 Å². The van der Waals surface area contributed by atoms with Gasteiger partial charge in [0.05, 0.1) is 0 Å². The summed E-state index contributed by atoms with van der Waals surface area (Å²) in [4.78, 5) is 18.9. The molecule has 0 bridgehead atoms. The zero-order chi connectivity index (χ0) is 10.9. The van der Waals surface area contributed by atoms with Crippen LogP contribution in [-0.2, 0) is 0 Å². The van der Waals surface area contributed by atoms with Crippen molar-refractivity contribution in [1.29, 1.82) is 0 Å². The highest BCUT2D eigenvalue weighted by atomic mass is 16.1. The molecule has 0 aromatic carbocycles. The van der Waals surface area contributed by atoms with E-state index < -0.39 is 0 Å². The molecule has 0 amide bonds. The van der Waals surface area contributed by atoms with Gasteiger partial charge in [-0.2, -0.15) is 0 Å². The molecule has 1 aromatic rings. The van der Waals surface area contributed by atoms with Crippen LogP contribution in [0.1, 0.15) is 56.6 Å². The highest BCUT2D eigenvalue weighted by molar-refractivity contribution is 5.20. The monoisotopic (exact) mass is 194 g/mol. The van der Waals surface area contributed by atoms with Gasteiger partial charge in [-0.25, -0.2) is 4.98 Å². The summed E-state index contributed by atoms with van der Waals surface area (Å²) in [6.45, 7) is 9.96. The molecule has 0 unspecified atom stereocenters. The minimum atomic E-state index is 0.0104. The summed E-state index contributed by atoms with van der Waals surface area (Å²) in [7, 11) is 0. The third-order valence-electron chi connectivity index (χ3n) is 2.29. The van der Waals surface area contributed by atoms with Crippen LogP contribution in [-0.4, -0.2) is 9.97 Å². The number of H-pyrrole nitrogens is 1. The Morgan fingerprint density at radius 3 is 2.07 bits per heavy atom. The first-order chi connectivity index (χ1) is 6.43. The molecule has 1 N–H and O–H groups in total. The van der Waals surface area contributed by atoms with Crippen molar-refractivity contribution < 1.29 is 0 Å². The van der Waals surface area contributed by atoms with Gasteiger partial charge in [0, 0.05) is 17.2 Å². The van der Waals surface area contributed by atoms with E-state index >= 15 is 0 Å². The second-order valence-electron chi connectivity index (χ2n) is 4.26. The molecule has 0 aliphatic heterocycles. The van der Waals surface area contributed by atoms with E-state index in [2.05, 4.69) is 9.97 Å². The van der Waals surface area contributed by atoms with Crippen molar-refractivity contribution in [1.82, 2.24) is 9.97 Å².